The molecule has 0 spiro atoms. The third-order valence-electron chi connectivity index (χ3n) is 3.82. The van der Waals surface area contributed by atoms with E-state index in [0.29, 0.717) is 34.0 Å². The fourth-order valence-electron chi connectivity index (χ4n) is 2.48. The number of hydrogen-bond donors (Lipinski definition) is 1. The Morgan fingerprint density at radius 1 is 1.32 bits per heavy atom. The van der Waals surface area contributed by atoms with E-state index in [9.17, 15) is 14.4 Å². The average molecular weight is 359 g/mol. The van der Waals surface area contributed by atoms with Crippen LogP contribution in [-0.2, 0) is 9.59 Å². The Morgan fingerprint density at radius 3 is 2.84 bits per heavy atom. The molecule has 0 aromatic heterocycles. The lowest BCUT2D eigenvalue weighted by Gasteiger charge is -2.29. The van der Waals surface area contributed by atoms with Crippen LogP contribution in [0, 0.1) is 6.92 Å². The Morgan fingerprint density at radius 2 is 2.12 bits per heavy atom. The van der Waals surface area contributed by atoms with Crippen molar-refractivity contribution in [2.75, 3.05) is 23.4 Å². The largest absolute Gasteiger partial charge is 0.482 e. The van der Waals surface area contributed by atoms with E-state index in [2.05, 4.69) is 5.32 Å². The molecule has 2 aromatic rings. The minimum atomic E-state index is -0.377. The van der Waals surface area contributed by atoms with Crippen molar-refractivity contribution < 1.29 is 19.1 Å². The van der Waals surface area contributed by atoms with E-state index < -0.39 is 0 Å². The number of aldehydes is 1. The van der Waals surface area contributed by atoms with Gasteiger partial charge in [-0.1, -0.05) is 17.7 Å². The van der Waals surface area contributed by atoms with Gasteiger partial charge in [0.25, 0.3) is 5.91 Å². The maximum atomic E-state index is 12.3. The van der Waals surface area contributed by atoms with Gasteiger partial charge < -0.3 is 10.1 Å². The van der Waals surface area contributed by atoms with Crippen molar-refractivity contribution in [3.63, 3.8) is 0 Å². The Bertz CT molecular complexity index is 866. The molecule has 0 aliphatic carbocycles. The van der Waals surface area contributed by atoms with Crippen LogP contribution in [0.15, 0.2) is 36.4 Å². The van der Waals surface area contributed by atoms with Gasteiger partial charge in [0.2, 0.25) is 5.91 Å². The van der Waals surface area contributed by atoms with Crippen molar-refractivity contribution in [1.82, 2.24) is 0 Å². The minimum Gasteiger partial charge on any atom is -0.482 e. The molecule has 0 bridgehead atoms. The van der Waals surface area contributed by atoms with Crippen LogP contribution in [0.1, 0.15) is 15.9 Å². The maximum absolute atomic E-state index is 12.3. The number of ether oxygens (including phenoxy) is 1. The fourth-order valence-corrected chi connectivity index (χ4v) is 2.66. The van der Waals surface area contributed by atoms with Gasteiger partial charge in [0, 0.05) is 16.3 Å². The van der Waals surface area contributed by atoms with Crippen LogP contribution in [0.2, 0.25) is 5.02 Å². The Hall–Kier alpha value is -2.86. The number of nitrogens with one attached hydrogen (secondary N) is 1. The Kier molecular flexibility index (Phi) is 4.72. The molecule has 2 aromatic carbocycles. The van der Waals surface area contributed by atoms with Crippen molar-refractivity contribution in [3.05, 3.63) is 52.5 Å². The molecule has 0 atom stereocenters. The van der Waals surface area contributed by atoms with Gasteiger partial charge in [-0.2, -0.15) is 0 Å². The first-order valence-corrected chi connectivity index (χ1v) is 7.94. The second-order valence-electron chi connectivity index (χ2n) is 5.63. The van der Waals surface area contributed by atoms with E-state index in [4.69, 9.17) is 16.3 Å². The molecular weight excluding hydrogens is 344 g/mol. The number of rotatable bonds is 4. The number of benzene rings is 2. The molecule has 0 radical (unpaired) electrons. The summed E-state index contributed by atoms with van der Waals surface area (Å²) in [4.78, 5) is 36.8. The topological polar surface area (TPSA) is 75.7 Å². The highest BCUT2D eigenvalue weighted by Gasteiger charge is 2.27. The number of fused-ring (bicyclic) bond motifs is 1. The quantitative estimate of drug-likeness (QED) is 0.853. The van der Waals surface area contributed by atoms with E-state index in [0.717, 1.165) is 5.56 Å². The second kappa shape index (κ2) is 6.94. The molecule has 1 N–H and O–H groups in total. The molecule has 25 heavy (non-hydrogen) atoms. The van der Waals surface area contributed by atoms with Gasteiger partial charge in [-0.3, -0.25) is 19.3 Å². The van der Waals surface area contributed by atoms with Crippen molar-refractivity contribution in [2.24, 2.45) is 0 Å². The van der Waals surface area contributed by atoms with Crippen LogP contribution in [0.5, 0.6) is 5.75 Å². The highest BCUT2D eigenvalue weighted by atomic mass is 35.5. The highest BCUT2D eigenvalue weighted by molar-refractivity contribution is 6.31. The van der Waals surface area contributed by atoms with Crippen molar-refractivity contribution >= 4 is 41.1 Å². The average Bonchev–Trinajstić information content (AvgIpc) is 2.60. The van der Waals surface area contributed by atoms with E-state index in [1.807, 2.05) is 6.92 Å². The van der Waals surface area contributed by atoms with Crippen molar-refractivity contribution in [3.8, 4) is 5.75 Å². The molecule has 0 saturated carbocycles. The number of carbonyl (C=O) groups excluding carboxylic acids is 3. The summed E-state index contributed by atoms with van der Waals surface area (Å²) in [6, 6.07) is 9.90. The first-order valence-electron chi connectivity index (χ1n) is 7.56. The number of anilines is 2. The Labute approximate surface area is 149 Å². The molecule has 1 aliphatic rings. The normalized spacial score (nSPS) is 13.0. The summed E-state index contributed by atoms with van der Waals surface area (Å²) in [5.74, 6) is -0.276. The number of hydrogen-bond acceptors (Lipinski definition) is 4. The molecule has 2 amide bonds. The molecule has 0 saturated heterocycles. The second-order valence-corrected chi connectivity index (χ2v) is 6.03. The number of halogens is 1. The van der Waals surface area contributed by atoms with Crippen molar-refractivity contribution in [1.29, 1.82) is 0 Å². The summed E-state index contributed by atoms with van der Waals surface area (Å²) in [6.45, 7) is 1.52. The smallest absolute Gasteiger partial charge is 0.265 e. The number of nitrogens with zero attached hydrogens (tertiary/aromatic N) is 1. The summed E-state index contributed by atoms with van der Waals surface area (Å²) in [5, 5.41) is 3.25. The molecule has 0 fully saturated rings. The third-order valence-corrected chi connectivity index (χ3v) is 4.23. The van der Waals surface area contributed by atoms with E-state index in [1.54, 1.807) is 30.3 Å². The summed E-state index contributed by atoms with van der Waals surface area (Å²) in [5.41, 5.74) is 2.24. The van der Waals surface area contributed by atoms with Crippen LogP contribution in [-0.4, -0.2) is 31.3 Å². The van der Waals surface area contributed by atoms with Gasteiger partial charge in [0.15, 0.2) is 6.61 Å². The van der Waals surface area contributed by atoms with Crippen LogP contribution >= 0.6 is 11.6 Å². The van der Waals surface area contributed by atoms with Crippen LogP contribution in [0.3, 0.4) is 0 Å². The lowest BCUT2D eigenvalue weighted by Crippen LogP contribution is -2.43. The van der Waals surface area contributed by atoms with Gasteiger partial charge >= 0.3 is 0 Å². The lowest BCUT2D eigenvalue weighted by molar-refractivity contribution is -0.123. The summed E-state index contributed by atoms with van der Waals surface area (Å²) in [7, 11) is 0. The molecule has 7 heteroatoms. The van der Waals surface area contributed by atoms with E-state index >= 15 is 0 Å². The number of carbonyl (C=O) groups is 3. The highest BCUT2D eigenvalue weighted by Crippen LogP contribution is 2.32. The fraction of sp³-hybridized carbons (Fsp3) is 0.167. The monoisotopic (exact) mass is 358 g/mol. The van der Waals surface area contributed by atoms with Crippen LogP contribution < -0.4 is 15.0 Å². The van der Waals surface area contributed by atoms with Crippen LogP contribution in [0.4, 0.5) is 11.4 Å². The number of aryl methyl sites for hydroxylation is 1. The SMILES string of the molecule is Cc1ccc(NC(=O)CN2C(=O)COc3ccc(C=O)cc32)cc1Cl. The zero-order valence-corrected chi connectivity index (χ0v) is 14.2. The van der Waals surface area contributed by atoms with E-state index in [-0.39, 0.29) is 25.0 Å². The molecular formula is C18H15ClN2O4. The van der Waals surface area contributed by atoms with Gasteiger partial charge in [-0.25, -0.2) is 0 Å². The predicted octanol–water partition coefficient (Wildman–Crippen LogP) is 2.83. The summed E-state index contributed by atoms with van der Waals surface area (Å²) < 4.78 is 5.34. The first kappa shape index (κ1) is 17.0. The minimum absolute atomic E-state index is 0.156. The summed E-state index contributed by atoms with van der Waals surface area (Å²) >= 11 is 6.05. The van der Waals surface area contributed by atoms with Gasteiger partial charge in [0.05, 0.1) is 5.69 Å². The first-order chi connectivity index (χ1) is 12.0. The van der Waals surface area contributed by atoms with Gasteiger partial charge in [-0.15, -0.1) is 0 Å². The molecule has 1 aliphatic heterocycles. The molecule has 0 unspecified atom stereocenters. The van der Waals surface area contributed by atoms with Crippen molar-refractivity contribution in [2.45, 2.75) is 6.92 Å². The zero-order chi connectivity index (χ0) is 18.0. The molecule has 1 heterocycles. The predicted molar refractivity (Wildman–Crippen MR) is 94.5 cm³/mol. The number of amides is 2. The van der Waals surface area contributed by atoms with Crippen LogP contribution in [0.25, 0.3) is 0 Å². The summed E-state index contributed by atoms with van der Waals surface area (Å²) in [6.07, 6.45) is 0.673. The van der Waals surface area contributed by atoms with E-state index in [1.165, 1.54) is 11.0 Å². The van der Waals surface area contributed by atoms with Gasteiger partial charge in [-0.05, 0) is 42.8 Å². The molecule has 6 nitrogen and oxygen atoms in total. The molecule has 128 valence electrons. The maximum Gasteiger partial charge on any atom is 0.265 e. The molecule has 3 rings (SSSR count). The standard InChI is InChI=1S/C18H15ClN2O4/c1-11-2-4-13(7-14(11)19)20-17(23)8-21-15-6-12(9-22)3-5-16(15)25-10-18(21)24/h2-7,9H,8,10H2,1H3,(H,20,23). The zero-order valence-electron chi connectivity index (χ0n) is 13.4. The lowest BCUT2D eigenvalue weighted by atomic mass is 10.1. The van der Waals surface area contributed by atoms with Gasteiger partial charge in [0.1, 0.15) is 18.6 Å². The third kappa shape index (κ3) is 3.64. The Balaban J connectivity index is 1.79.